The molecule has 5 nitrogen and oxygen atoms in total. The Morgan fingerprint density at radius 1 is 1.16 bits per heavy atom. The third kappa shape index (κ3) is 5.63. The average molecular weight is 437 g/mol. The van der Waals surface area contributed by atoms with Crippen molar-refractivity contribution in [2.24, 2.45) is 11.8 Å². The van der Waals surface area contributed by atoms with Gasteiger partial charge in [0.2, 0.25) is 5.91 Å². The van der Waals surface area contributed by atoms with Crippen LogP contribution in [0.4, 0.5) is 0 Å². The number of fused-ring (bicyclic) bond motifs is 1. The molecule has 32 heavy (non-hydrogen) atoms. The normalized spacial score (nSPS) is 20.8. The van der Waals surface area contributed by atoms with Gasteiger partial charge in [-0.1, -0.05) is 30.3 Å². The topological polar surface area (TPSA) is 42.0 Å². The molecule has 4 rings (SSSR count). The van der Waals surface area contributed by atoms with Crippen LogP contribution in [0.1, 0.15) is 37.8 Å². The molecular weight excluding hydrogens is 400 g/mol. The average Bonchev–Trinajstić information content (AvgIpc) is 2.84. The first-order chi connectivity index (χ1) is 15.7. The van der Waals surface area contributed by atoms with Gasteiger partial charge in [0.15, 0.2) is 0 Å². The first kappa shape index (κ1) is 22.7. The van der Waals surface area contributed by atoms with Gasteiger partial charge < -0.3 is 14.4 Å². The van der Waals surface area contributed by atoms with Crippen molar-refractivity contribution < 1.29 is 14.3 Å². The number of benzene rings is 2. The molecule has 0 radical (unpaired) electrons. The molecular formula is C27H36N2O3. The van der Waals surface area contributed by atoms with E-state index in [4.69, 9.17) is 9.47 Å². The van der Waals surface area contributed by atoms with Gasteiger partial charge in [0.1, 0.15) is 11.5 Å². The van der Waals surface area contributed by atoms with Crippen molar-refractivity contribution in [2.45, 2.75) is 39.7 Å². The molecule has 0 spiro atoms. The predicted molar refractivity (Wildman–Crippen MR) is 127 cm³/mol. The van der Waals surface area contributed by atoms with Crippen molar-refractivity contribution in [1.29, 1.82) is 0 Å². The number of para-hydroxylation sites is 1. The lowest BCUT2D eigenvalue weighted by Crippen LogP contribution is -2.44. The van der Waals surface area contributed by atoms with Gasteiger partial charge in [0.05, 0.1) is 19.1 Å². The Kier molecular flexibility index (Phi) is 7.69. The summed E-state index contributed by atoms with van der Waals surface area (Å²) in [6, 6.07) is 16.7. The molecule has 0 N–H and O–H groups in total. The second kappa shape index (κ2) is 10.9. The summed E-state index contributed by atoms with van der Waals surface area (Å²) in [6.07, 6.45) is 3.07. The highest BCUT2D eigenvalue weighted by molar-refractivity contribution is 5.79. The van der Waals surface area contributed by atoms with Crippen LogP contribution in [0.5, 0.6) is 11.5 Å². The maximum atomic E-state index is 12.8. The van der Waals surface area contributed by atoms with Gasteiger partial charge >= 0.3 is 0 Å². The van der Waals surface area contributed by atoms with Gasteiger partial charge in [-0.15, -0.1) is 0 Å². The summed E-state index contributed by atoms with van der Waals surface area (Å²) in [7, 11) is 0. The van der Waals surface area contributed by atoms with E-state index in [0.717, 1.165) is 63.5 Å². The van der Waals surface area contributed by atoms with E-state index in [1.165, 1.54) is 11.1 Å². The molecule has 2 unspecified atom stereocenters. The summed E-state index contributed by atoms with van der Waals surface area (Å²) in [4.78, 5) is 17.2. The Morgan fingerprint density at radius 3 is 2.84 bits per heavy atom. The Morgan fingerprint density at radius 2 is 2.00 bits per heavy atom. The number of piperidine rings is 1. The molecule has 2 heterocycles. The van der Waals surface area contributed by atoms with Gasteiger partial charge in [-0.2, -0.15) is 0 Å². The zero-order chi connectivity index (χ0) is 22.3. The number of rotatable bonds is 8. The molecule has 2 aromatic carbocycles. The summed E-state index contributed by atoms with van der Waals surface area (Å²) in [5, 5.41) is 0. The van der Waals surface area contributed by atoms with Crippen LogP contribution in [-0.2, 0) is 17.8 Å². The lowest BCUT2D eigenvalue weighted by atomic mass is 9.96. The first-order valence-electron chi connectivity index (χ1n) is 12.1. The molecule has 1 amide bonds. The highest BCUT2D eigenvalue weighted by atomic mass is 16.5. The molecule has 5 heteroatoms. The van der Waals surface area contributed by atoms with Gasteiger partial charge in [-0.25, -0.2) is 0 Å². The fourth-order valence-electron chi connectivity index (χ4n) is 4.90. The number of carbonyl (C=O) groups excluding carboxylic acids is 1. The number of amides is 1. The quantitative estimate of drug-likeness (QED) is 0.615. The number of likely N-dealkylation sites (tertiary alicyclic amines) is 1. The van der Waals surface area contributed by atoms with Crippen molar-refractivity contribution in [3.05, 3.63) is 59.7 Å². The summed E-state index contributed by atoms with van der Waals surface area (Å²) < 4.78 is 12.0. The summed E-state index contributed by atoms with van der Waals surface area (Å²) >= 11 is 0. The molecule has 1 fully saturated rings. The molecule has 0 aromatic heterocycles. The first-order valence-corrected chi connectivity index (χ1v) is 12.1. The lowest BCUT2D eigenvalue weighted by Gasteiger charge is -2.34. The molecule has 1 saturated heterocycles. The number of hydrogen-bond donors (Lipinski definition) is 0. The third-order valence-corrected chi connectivity index (χ3v) is 6.68. The minimum atomic E-state index is 0.122. The zero-order valence-corrected chi connectivity index (χ0v) is 19.5. The zero-order valence-electron chi connectivity index (χ0n) is 19.5. The highest BCUT2D eigenvalue weighted by Crippen LogP contribution is 2.28. The Balaban J connectivity index is 1.30. The number of ether oxygens (including phenoxy) is 2. The Hall–Kier alpha value is -2.53. The molecule has 2 aliphatic heterocycles. The molecule has 2 aliphatic rings. The second-order valence-corrected chi connectivity index (χ2v) is 9.03. The minimum Gasteiger partial charge on any atom is -0.493 e. The van der Waals surface area contributed by atoms with Crippen molar-refractivity contribution in [1.82, 2.24) is 9.80 Å². The lowest BCUT2D eigenvalue weighted by molar-refractivity contribution is -0.137. The molecule has 0 bridgehead atoms. The van der Waals surface area contributed by atoms with E-state index in [-0.39, 0.29) is 5.92 Å². The fraction of sp³-hybridized carbons (Fsp3) is 0.519. The van der Waals surface area contributed by atoms with E-state index in [1.54, 1.807) is 0 Å². The van der Waals surface area contributed by atoms with E-state index >= 15 is 0 Å². The van der Waals surface area contributed by atoms with Crippen LogP contribution in [0, 0.1) is 11.8 Å². The van der Waals surface area contributed by atoms with Crippen molar-refractivity contribution in [3.63, 3.8) is 0 Å². The fourth-order valence-corrected chi connectivity index (χ4v) is 4.90. The standard InChI is InChI=1S/C27H36N2O3/c1-3-29(4-2)27(30)24-11-8-14-28(18-24)17-21-9-7-12-25(16-21)31-19-22-15-23-10-5-6-13-26(23)32-20-22/h5-7,9-10,12-13,16,22,24H,3-4,8,11,14-15,17-20H2,1-2H3. The predicted octanol–water partition coefficient (Wildman–Crippen LogP) is 4.40. The summed E-state index contributed by atoms with van der Waals surface area (Å²) in [5.41, 5.74) is 2.50. The van der Waals surface area contributed by atoms with Gasteiger partial charge in [0.25, 0.3) is 0 Å². The van der Waals surface area contributed by atoms with Crippen molar-refractivity contribution in [2.75, 3.05) is 39.4 Å². The molecule has 0 aliphatic carbocycles. The molecule has 172 valence electrons. The number of hydrogen-bond acceptors (Lipinski definition) is 4. The van der Waals surface area contributed by atoms with Gasteiger partial charge in [0, 0.05) is 32.1 Å². The maximum absolute atomic E-state index is 12.8. The maximum Gasteiger partial charge on any atom is 0.226 e. The highest BCUT2D eigenvalue weighted by Gasteiger charge is 2.28. The summed E-state index contributed by atoms with van der Waals surface area (Å²) in [5.74, 6) is 2.71. The molecule has 0 saturated carbocycles. The largest absolute Gasteiger partial charge is 0.493 e. The van der Waals surface area contributed by atoms with Crippen LogP contribution in [0.2, 0.25) is 0 Å². The van der Waals surface area contributed by atoms with Crippen LogP contribution in [-0.4, -0.2) is 55.1 Å². The van der Waals surface area contributed by atoms with Crippen LogP contribution >= 0.6 is 0 Å². The van der Waals surface area contributed by atoms with Gasteiger partial charge in [-0.05, 0) is 69.0 Å². The minimum absolute atomic E-state index is 0.122. The SMILES string of the molecule is CCN(CC)C(=O)C1CCCN(Cc2cccc(OCC3COc4ccccc4C3)c2)C1. The van der Waals surface area contributed by atoms with Crippen LogP contribution in [0.25, 0.3) is 0 Å². The van der Waals surface area contributed by atoms with E-state index in [0.29, 0.717) is 25.0 Å². The molecule has 2 aromatic rings. The van der Waals surface area contributed by atoms with Crippen LogP contribution in [0.3, 0.4) is 0 Å². The van der Waals surface area contributed by atoms with E-state index in [1.807, 2.05) is 23.1 Å². The van der Waals surface area contributed by atoms with E-state index in [2.05, 4.69) is 49.1 Å². The van der Waals surface area contributed by atoms with E-state index < -0.39 is 0 Å². The Bertz CT molecular complexity index is 896. The molecule has 2 atom stereocenters. The smallest absolute Gasteiger partial charge is 0.226 e. The van der Waals surface area contributed by atoms with E-state index in [9.17, 15) is 4.79 Å². The number of carbonyl (C=O) groups is 1. The van der Waals surface area contributed by atoms with Crippen LogP contribution < -0.4 is 9.47 Å². The van der Waals surface area contributed by atoms with Crippen LogP contribution in [0.15, 0.2) is 48.5 Å². The van der Waals surface area contributed by atoms with Crippen molar-refractivity contribution >= 4 is 5.91 Å². The third-order valence-electron chi connectivity index (χ3n) is 6.68. The second-order valence-electron chi connectivity index (χ2n) is 9.03. The monoisotopic (exact) mass is 436 g/mol. The Labute approximate surface area is 192 Å². The summed E-state index contributed by atoms with van der Waals surface area (Å²) in [6.45, 7) is 9.82. The number of nitrogens with zero attached hydrogens (tertiary/aromatic N) is 2. The van der Waals surface area contributed by atoms with Gasteiger partial charge in [-0.3, -0.25) is 9.69 Å². The van der Waals surface area contributed by atoms with Crippen molar-refractivity contribution in [3.8, 4) is 11.5 Å².